The van der Waals surface area contributed by atoms with Crippen LogP contribution < -0.4 is 5.32 Å². The highest BCUT2D eigenvalue weighted by molar-refractivity contribution is 5.53. The van der Waals surface area contributed by atoms with E-state index in [1.807, 2.05) is 6.20 Å². The molecule has 0 aromatic carbocycles. The number of aromatic nitrogens is 2. The first-order chi connectivity index (χ1) is 6.81. The van der Waals surface area contributed by atoms with Crippen LogP contribution in [0.25, 0.3) is 6.08 Å². The molecule has 0 radical (unpaired) electrons. The van der Waals surface area contributed by atoms with Crippen LogP contribution in [0.5, 0.6) is 0 Å². The summed E-state index contributed by atoms with van der Waals surface area (Å²) in [6, 6.07) is 2.15. The van der Waals surface area contributed by atoms with E-state index in [0.29, 0.717) is 5.92 Å². The van der Waals surface area contributed by atoms with Gasteiger partial charge in [-0.3, -0.25) is 0 Å². The number of nitrogens with zero attached hydrogens (tertiary/aromatic N) is 2. The van der Waals surface area contributed by atoms with Gasteiger partial charge in [-0.05, 0) is 30.7 Å². The molecule has 1 aromatic heterocycles. The maximum Gasteiger partial charge on any atom is 0.0894 e. The van der Waals surface area contributed by atoms with Crippen molar-refractivity contribution in [2.75, 3.05) is 0 Å². The quantitative estimate of drug-likeness (QED) is 0.773. The number of hydrogen-bond donors (Lipinski definition) is 1. The molecule has 0 amide bonds. The van der Waals surface area contributed by atoms with Crippen LogP contribution in [0.15, 0.2) is 12.3 Å². The fraction of sp³-hybridized carbons (Fsp3) is 0.455. The lowest BCUT2D eigenvalue weighted by molar-refractivity contribution is 0.676. The molecule has 14 heavy (non-hydrogen) atoms. The normalized spacial score (nSPS) is 15.9. The second-order valence-corrected chi connectivity index (χ2v) is 3.69. The van der Waals surface area contributed by atoms with E-state index in [1.54, 1.807) is 0 Å². The molecule has 0 aliphatic carbocycles. The standard InChI is InChI=1S/C11H15N3/c1-3-8(2)10-6-9-4-5-12-7-11(9)14-13-10/h4-6,8,12H,3,7H2,1-2H3. The molecular formula is C11H15N3. The number of fused-ring (bicyclic) bond motifs is 1. The van der Waals surface area contributed by atoms with Crippen LogP contribution in [0.4, 0.5) is 0 Å². The van der Waals surface area contributed by atoms with E-state index < -0.39 is 0 Å². The van der Waals surface area contributed by atoms with Gasteiger partial charge in [0.05, 0.1) is 17.9 Å². The third-order valence-corrected chi connectivity index (χ3v) is 2.69. The average molecular weight is 189 g/mol. The summed E-state index contributed by atoms with van der Waals surface area (Å²) >= 11 is 0. The second kappa shape index (κ2) is 3.78. The van der Waals surface area contributed by atoms with E-state index in [9.17, 15) is 0 Å². The van der Waals surface area contributed by atoms with Gasteiger partial charge in [-0.2, -0.15) is 10.2 Å². The summed E-state index contributed by atoms with van der Waals surface area (Å²) in [6.45, 7) is 5.14. The van der Waals surface area contributed by atoms with Crippen molar-refractivity contribution in [2.45, 2.75) is 32.7 Å². The molecule has 0 bridgehead atoms. The minimum atomic E-state index is 0.496. The van der Waals surface area contributed by atoms with Crippen molar-refractivity contribution < 1.29 is 0 Å². The zero-order valence-corrected chi connectivity index (χ0v) is 8.62. The summed E-state index contributed by atoms with van der Waals surface area (Å²) in [6.07, 6.45) is 5.12. The topological polar surface area (TPSA) is 37.8 Å². The molecule has 1 aliphatic heterocycles. The van der Waals surface area contributed by atoms with Crippen molar-refractivity contribution in [2.24, 2.45) is 0 Å². The third-order valence-electron chi connectivity index (χ3n) is 2.69. The lowest BCUT2D eigenvalue weighted by Crippen LogP contribution is -2.14. The molecule has 0 spiro atoms. The monoisotopic (exact) mass is 189 g/mol. The van der Waals surface area contributed by atoms with Crippen LogP contribution in [0.2, 0.25) is 0 Å². The lowest BCUT2D eigenvalue weighted by atomic mass is 10.0. The van der Waals surface area contributed by atoms with Gasteiger partial charge in [0.15, 0.2) is 0 Å². The fourth-order valence-corrected chi connectivity index (χ4v) is 1.48. The highest BCUT2D eigenvalue weighted by atomic mass is 15.1. The lowest BCUT2D eigenvalue weighted by Gasteiger charge is -2.13. The second-order valence-electron chi connectivity index (χ2n) is 3.69. The Balaban J connectivity index is 2.35. The van der Waals surface area contributed by atoms with Crippen LogP contribution in [0.1, 0.15) is 43.1 Å². The van der Waals surface area contributed by atoms with E-state index in [1.165, 1.54) is 5.56 Å². The Hall–Kier alpha value is -1.38. The molecule has 0 saturated carbocycles. The van der Waals surface area contributed by atoms with Gasteiger partial charge in [0.2, 0.25) is 0 Å². The van der Waals surface area contributed by atoms with Crippen LogP contribution in [0, 0.1) is 0 Å². The predicted molar refractivity (Wildman–Crippen MR) is 56.6 cm³/mol. The Morgan fingerprint density at radius 3 is 3.14 bits per heavy atom. The molecule has 1 atom stereocenters. The summed E-state index contributed by atoms with van der Waals surface area (Å²) in [5.41, 5.74) is 3.34. The Bertz CT molecular complexity index is 358. The van der Waals surface area contributed by atoms with Gasteiger partial charge in [0.25, 0.3) is 0 Å². The Morgan fingerprint density at radius 2 is 2.36 bits per heavy atom. The molecule has 74 valence electrons. The van der Waals surface area contributed by atoms with Gasteiger partial charge in [0.1, 0.15) is 0 Å². The van der Waals surface area contributed by atoms with Crippen molar-refractivity contribution in [1.29, 1.82) is 0 Å². The Kier molecular flexibility index (Phi) is 2.48. The molecule has 2 heterocycles. The van der Waals surface area contributed by atoms with Gasteiger partial charge in [0, 0.05) is 5.56 Å². The van der Waals surface area contributed by atoms with Gasteiger partial charge in [-0.1, -0.05) is 13.8 Å². The molecule has 3 heteroatoms. The van der Waals surface area contributed by atoms with Gasteiger partial charge < -0.3 is 5.32 Å². The molecule has 1 unspecified atom stereocenters. The minimum absolute atomic E-state index is 0.496. The van der Waals surface area contributed by atoms with Crippen LogP contribution >= 0.6 is 0 Å². The van der Waals surface area contributed by atoms with Crippen molar-refractivity contribution in [3.63, 3.8) is 0 Å². The van der Waals surface area contributed by atoms with Crippen LogP contribution in [-0.2, 0) is 6.54 Å². The summed E-state index contributed by atoms with van der Waals surface area (Å²) in [7, 11) is 0. The highest BCUT2D eigenvalue weighted by Crippen LogP contribution is 2.19. The number of rotatable bonds is 2. The smallest absolute Gasteiger partial charge is 0.0894 e. The van der Waals surface area contributed by atoms with Crippen molar-refractivity contribution in [1.82, 2.24) is 15.5 Å². The van der Waals surface area contributed by atoms with Crippen LogP contribution in [-0.4, -0.2) is 10.2 Å². The van der Waals surface area contributed by atoms with Crippen molar-refractivity contribution in [3.05, 3.63) is 29.2 Å². The maximum atomic E-state index is 4.24. The molecule has 1 N–H and O–H groups in total. The minimum Gasteiger partial charge on any atom is -0.385 e. The maximum absolute atomic E-state index is 4.24. The summed E-state index contributed by atoms with van der Waals surface area (Å²) in [4.78, 5) is 0. The van der Waals surface area contributed by atoms with E-state index >= 15 is 0 Å². The van der Waals surface area contributed by atoms with Crippen LogP contribution in [0.3, 0.4) is 0 Å². The van der Waals surface area contributed by atoms with Gasteiger partial charge in [-0.15, -0.1) is 0 Å². The molecule has 1 aromatic rings. The molecule has 2 rings (SSSR count). The van der Waals surface area contributed by atoms with E-state index in [-0.39, 0.29) is 0 Å². The Labute approximate surface area is 84.2 Å². The zero-order valence-electron chi connectivity index (χ0n) is 8.62. The first kappa shape index (κ1) is 9.19. The largest absolute Gasteiger partial charge is 0.385 e. The molecule has 1 aliphatic rings. The van der Waals surface area contributed by atoms with Crippen molar-refractivity contribution >= 4 is 6.08 Å². The van der Waals surface area contributed by atoms with E-state index in [4.69, 9.17) is 0 Å². The van der Waals surface area contributed by atoms with E-state index in [0.717, 1.165) is 24.4 Å². The zero-order chi connectivity index (χ0) is 9.97. The molecule has 0 saturated heterocycles. The third kappa shape index (κ3) is 1.62. The first-order valence-corrected chi connectivity index (χ1v) is 5.07. The number of hydrogen-bond acceptors (Lipinski definition) is 3. The molecule has 3 nitrogen and oxygen atoms in total. The summed E-state index contributed by atoms with van der Waals surface area (Å²) in [5, 5.41) is 11.6. The molecular weight excluding hydrogens is 174 g/mol. The SMILES string of the molecule is CCC(C)c1cc2c(nn1)CNC=C2. The van der Waals surface area contributed by atoms with Gasteiger partial charge in [-0.25, -0.2) is 0 Å². The highest BCUT2D eigenvalue weighted by Gasteiger charge is 2.10. The Morgan fingerprint density at radius 1 is 1.50 bits per heavy atom. The average Bonchev–Trinajstić information content (AvgIpc) is 2.27. The predicted octanol–water partition coefficient (Wildman–Crippen LogP) is 2.06. The van der Waals surface area contributed by atoms with Crippen molar-refractivity contribution in [3.8, 4) is 0 Å². The van der Waals surface area contributed by atoms with Gasteiger partial charge >= 0.3 is 0 Å². The molecule has 0 fully saturated rings. The van der Waals surface area contributed by atoms with E-state index in [2.05, 4.69) is 41.5 Å². The summed E-state index contributed by atoms with van der Waals surface area (Å²) in [5.74, 6) is 0.496. The summed E-state index contributed by atoms with van der Waals surface area (Å²) < 4.78 is 0. The first-order valence-electron chi connectivity index (χ1n) is 5.07. The fourth-order valence-electron chi connectivity index (χ4n) is 1.48. The number of nitrogens with one attached hydrogen (secondary N) is 1.